The summed E-state index contributed by atoms with van der Waals surface area (Å²) >= 11 is 5.96. The van der Waals surface area contributed by atoms with Crippen LogP contribution in [0.25, 0.3) is 0 Å². The molecule has 31 heavy (non-hydrogen) atoms. The number of rotatable bonds is 6. The van der Waals surface area contributed by atoms with Gasteiger partial charge >= 0.3 is 11.8 Å². The summed E-state index contributed by atoms with van der Waals surface area (Å²) < 4.78 is 10.5. The van der Waals surface area contributed by atoms with Gasteiger partial charge in [0, 0.05) is 55.2 Å². The number of carbonyl (C=O) groups excluding carboxylic acids is 2. The highest BCUT2D eigenvalue weighted by Gasteiger charge is 2.19. The molecule has 0 atom stereocenters. The quantitative estimate of drug-likeness (QED) is 0.525. The van der Waals surface area contributed by atoms with Gasteiger partial charge in [-0.1, -0.05) is 11.6 Å². The predicted octanol–water partition coefficient (Wildman–Crippen LogP) is 2.34. The average Bonchev–Trinajstić information content (AvgIpc) is 3.25. The third kappa shape index (κ3) is 5.59. The molecule has 2 amide bonds. The van der Waals surface area contributed by atoms with Crippen molar-refractivity contribution in [2.75, 3.05) is 56.3 Å². The molecule has 2 aliphatic heterocycles. The van der Waals surface area contributed by atoms with E-state index in [-0.39, 0.29) is 6.79 Å². The van der Waals surface area contributed by atoms with Gasteiger partial charge in [0.1, 0.15) is 0 Å². The van der Waals surface area contributed by atoms with Crippen LogP contribution in [-0.2, 0) is 9.59 Å². The summed E-state index contributed by atoms with van der Waals surface area (Å²) in [5.41, 5.74) is 1.67. The smallest absolute Gasteiger partial charge is 0.313 e. The van der Waals surface area contributed by atoms with E-state index in [2.05, 4.69) is 20.4 Å². The number of benzene rings is 2. The molecule has 164 valence electrons. The number of halogens is 1. The van der Waals surface area contributed by atoms with E-state index >= 15 is 0 Å². The van der Waals surface area contributed by atoms with E-state index in [1.807, 2.05) is 24.3 Å². The second kappa shape index (κ2) is 9.89. The molecule has 2 aliphatic rings. The van der Waals surface area contributed by atoms with Crippen LogP contribution in [0.1, 0.15) is 6.42 Å². The summed E-state index contributed by atoms with van der Waals surface area (Å²) in [6.07, 6.45) is 0.782. The Labute approximate surface area is 186 Å². The third-order valence-corrected chi connectivity index (χ3v) is 5.59. The Kier molecular flexibility index (Phi) is 6.79. The monoisotopic (exact) mass is 444 g/mol. The summed E-state index contributed by atoms with van der Waals surface area (Å²) in [5, 5.41) is 6.00. The van der Waals surface area contributed by atoms with Gasteiger partial charge in [-0.25, -0.2) is 0 Å². The third-order valence-electron chi connectivity index (χ3n) is 5.34. The van der Waals surface area contributed by atoms with E-state index < -0.39 is 11.8 Å². The Bertz CT molecular complexity index is 930. The Morgan fingerprint density at radius 3 is 2.45 bits per heavy atom. The minimum absolute atomic E-state index is 0.156. The van der Waals surface area contributed by atoms with Crippen molar-refractivity contribution < 1.29 is 19.1 Å². The molecule has 0 spiro atoms. The molecule has 2 aromatic carbocycles. The number of nitrogens with zero attached hydrogens (tertiary/aromatic N) is 2. The molecule has 9 heteroatoms. The molecule has 0 saturated carbocycles. The number of piperazine rings is 1. The summed E-state index contributed by atoms with van der Waals surface area (Å²) in [6.45, 7) is 5.30. The van der Waals surface area contributed by atoms with E-state index in [9.17, 15) is 9.59 Å². The average molecular weight is 445 g/mol. The van der Waals surface area contributed by atoms with Crippen molar-refractivity contribution in [3.63, 3.8) is 0 Å². The Morgan fingerprint density at radius 2 is 1.68 bits per heavy atom. The number of fused-ring (bicyclic) bond motifs is 1. The van der Waals surface area contributed by atoms with Crippen LogP contribution in [0.4, 0.5) is 11.4 Å². The molecule has 8 nitrogen and oxygen atoms in total. The fraction of sp³-hybridized carbons (Fsp3) is 0.364. The minimum atomic E-state index is -0.699. The second-order valence-electron chi connectivity index (χ2n) is 7.44. The topological polar surface area (TPSA) is 83.1 Å². The number of nitrogens with one attached hydrogen (secondary N) is 2. The predicted molar refractivity (Wildman–Crippen MR) is 119 cm³/mol. The van der Waals surface area contributed by atoms with Crippen molar-refractivity contribution in [3.8, 4) is 11.5 Å². The normalized spacial score (nSPS) is 15.6. The van der Waals surface area contributed by atoms with Crippen LogP contribution in [0, 0.1) is 0 Å². The fourth-order valence-electron chi connectivity index (χ4n) is 3.63. The first kappa shape index (κ1) is 21.3. The highest BCUT2D eigenvalue weighted by atomic mass is 35.5. The number of hydrogen-bond acceptors (Lipinski definition) is 6. The first-order valence-corrected chi connectivity index (χ1v) is 10.7. The zero-order valence-electron chi connectivity index (χ0n) is 17.1. The molecule has 4 rings (SSSR count). The minimum Gasteiger partial charge on any atom is -0.454 e. The van der Waals surface area contributed by atoms with Gasteiger partial charge in [0.25, 0.3) is 0 Å². The van der Waals surface area contributed by atoms with Gasteiger partial charge in [-0.15, -0.1) is 0 Å². The largest absolute Gasteiger partial charge is 0.454 e. The zero-order valence-corrected chi connectivity index (χ0v) is 17.9. The number of ether oxygens (including phenoxy) is 2. The van der Waals surface area contributed by atoms with Crippen molar-refractivity contribution in [2.24, 2.45) is 0 Å². The SMILES string of the molecule is O=C(NCCCN1CCN(c2ccc(Cl)cc2)CC1)C(=O)Nc1ccc2c(c1)OCO2. The van der Waals surface area contributed by atoms with Crippen LogP contribution in [-0.4, -0.2) is 62.8 Å². The maximum atomic E-state index is 12.1. The lowest BCUT2D eigenvalue weighted by atomic mass is 10.2. The van der Waals surface area contributed by atoms with Gasteiger partial charge in [0.05, 0.1) is 0 Å². The van der Waals surface area contributed by atoms with Crippen molar-refractivity contribution in [1.82, 2.24) is 10.2 Å². The van der Waals surface area contributed by atoms with Gasteiger partial charge < -0.3 is 25.0 Å². The van der Waals surface area contributed by atoms with Crippen LogP contribution in [0.2, 0.25) is 5.02 Å². The molecule has 2 aromatic rings. The molecule has 0 unspecified atom stereocenters. The lowest BCUT2D eigenvalue weighted by molar-refractivity contribution is -0.136. The zero-order chi connectivity index (χ0) is 21.6. The number of amides is 2. The molecule has 0 radical (unpaired) electrons. The first-order valence-electron chi connectivity index (χ1n) is 10.3. The molecular formula is C22H25ClN4O4. The van der Waals surface area contributed by atoms with Crippen LogP contribution >= 0.6 is 11.6 Å². The highest BCUT2D eigenvalue weighted by molar-refractivity contribution is 6.39. The van der Waals surface area contributed by atoms with Gasteiger partial charge in [-0.05, 0) is 49.4 Å². The van der Waals surface area contributed by atoms with Crippen LogP contribution in [0.3, 0.4) is 0 Å². The number of carbonyl (C=O) groups is 2. The standard InChI is InChI=1S/C22H25ClN4O4/c23-16-2-5-18(6-3-16)27-12-10-26(11-13-27)9-1-8-24-21(28)22(29)25-17-4-7-19-20(14-17)31-15-30-19/h2-7,14H,1,8-13,15H2,(H,24,28)(H,25,29). The van der Waals surface area contributed by atoms with E-state index in [0.717, 1.165) is 44.2 Å². The van der Waals surface area contributed by atoms with E-state index in [1.54, 1.807) is 18.2 Å². The molecule has 2 heterocycles. The molecule has 2 N–H and O–H groups in total. The van der Waals surface area contributed by atoms with Crippen molar-refractivity contribution >= 4 is 34.8 Å². The fourth-order valence-corrected chi connectivity index (χ4v) is 3.75. The molecule has 1 fully saturated rings. The first-order chi connectivity index (χ1) is 15.1. The van der Waals surface area contributed by atoms with Crippen molar-refractivity contribution in [1.29, 1.82) is 0 Å². The lowest BCUT2D eigenvalue weighted by Crippen LogP contribution is -2.47. The van der Waals surface area contributed by atoms with E-state index in [0.29, 0.717) is 23.7 Å². The van der Waals surface area contributed by atoms with Crippen LogP contribution in [0.15, 0.2) is 42.5 Å². The summed E-state index contributed by atoms with van der Waals surface area (Å²) in [4.78, 5) is 28.8. The molecular weight excluding hydrogens is 420 g/mol. The molecule has 1 saturated heterocycles. The van der Waals surface area contributed by atoms with Gasteiger partial charge in [0.15, 0.2) is 11.5 Å². The van der Waals surface area contributed by atoms with Crippen molar-refractivity contribution in [3.05, 3.63) is 47.5 Å². The van der Waals surface area contributed by atoms with Gasteiger partial charge in [0.2, 0.25) is 6.79 Å². The lowest BCUT2D eigenvalue weighted by Gasteiger charge is -2.36. The number of hydrogen-bond donors (Lipinski definition) is 2. The molecule has 0 aliphatic carbocycles. The van der Waals surface area contributed by atoms with Crippen LogP contribution < -0.4 is 25.0 Å². The maximum absolute atomic E-state index is 12.1. The Balaban J connectivity index is 1.13. The van der Waals surface area contributed by atoms with E-state index in [1.165, 1.54) is 5.69 Å². The molecule has 0 bridgehead atoms. The van der Waals surface area contributed by atoms with Gasteiger partial charge in [-0.3, -0.25) is 14.5 Å². The molecule has 0 aromatic heterocycles. The van der Waals surface area contributed by atoms with Crippen molar-refractivity contribution in [2.45, 2.75) is 6.42 Å². The Morgan fingerprint density at radius 1 is 0.935 bits per heavy atom. The Hall–Kier alpha value is -2.97. The summed E-state index contributed by atoms with van der Waals surface area (Å²) in [7, 11) is 0. The summed E-state index contributed by atoms with van der Waals surface area (Å²) in [6, 6.07) is 12.9. The van der Waals surface area contributed by atoms with Crippen LogP contribution in [0.5, 0.6) is 11.5 Å². The second-order valence-corrected chi connectivity index (χ2v) is 7.87. The van der Waals surface area contributed by atoms with E-state index in [4.69, 9.17) is 21.1 Å². The maximum Gasteiger partial charge on any atom is 0.313 e. The van der Waals surface area contributed by atoms with Gasteiger partial charge in [-0.2, -0.15) is 0 Å². The number of anilines is 2. The highest BCUT2D eigenvalue weighted by Crippen LogP contribution is 2.34. The summed E-state index contributed by atoms with van der Waals surface area (Å²) in [5.74, 6) is -0.175.